The van der Waals surface area contributed by atoms with Gasteiger partial charge in [-0.25, -0.2) is 14.4 Å². The fraction of sp³-hybridized carbons (Fsp3) is 0.473. The van der Waals surface area contributed by atoms with Crippen LogP contribution in [0.3, 0.4) is 0 Å². The van der Waals surface area contributed by atoms with E-state index in [9.17, 15) is 24.0 Å². The van der Waals surface area contributed by atoms with Crippen LogP contribution in [-0.2, 0) is 44.5 Å². The molecule has 4 aromatic rings. The maximum Gasteiger partial charge on any atom is 0.514 e. The highest BCUT2D eigenvalue weighted by Crippen LogP contribution is 2.55. The zero-order valence-corrected chi connectivity index (χ0v) is 54.9. The van der Waals surface area contributed by atoms with E-state index < -0.39 is 89.6 Å². The van der Waals surface area contributed by atoms with E-state index in [-0.39, 0.29) is 30.5 Å². The summed E-state index contributed by atoms with van der Waals surface area (Å²) in [6, 6.07) is 27.7. The maximum atomic E-state index is 15.1. The molecule has 1 amide bonds. The highest BCUT2D eigenvalue weighted by Gasteiger charge is 2.57. The van der Waals surface area contributed by atoms with Crippen molar-refractivity contribution in [2.75, 3.05) is 7.11 Å². The molecule has 16 heteroatoms. The van der Waals surface area contributed by atoms with Crippen LogP contribution in [0.4, 0.5) is 4.79 Å². The third-order valence-electron chi connectivity index (χ3n) is 17.0. The summed E-state index contributed by atoms with van der Waals surface area (Å²) in [6.07, 6.45) is 10.6. The molecule has 1 aliphatic heterocycles. The summed E-state index contributed by atoms with van der Waals surface area (Å²) in [4.78, 5) is 93.5. The van der Waals surface area contributed by atoms with Gasteiger partial charge in [0.25, 0.3) is 11.9 Å². The molecule has 9 unspecified atom stereocenters. The second-order valence-electron chi connectivity index (χ2n) is 24.5. The van der Waals surface area contributed by atoms with Gasteiger partial charge in [0.05, 0.1) is 11.7 Å². The lowest BCUT2D eigenvalue weighted by molar-refractivity contribution is -0.172. The number of carbonyl (C=O) groups excluding carboxylic acids is 6. The van der Waals surface area contributed by atoms with E-state index in [4.69, 9.17) is 43.4 Å². The van der Waals surface area contributed by atoms with Crippen LogP contribution in [0.1, 0.15) is 190 Å². The maximum absolute atomic E-state index is 15.1. The molecule has 2 saturated carbocycles. The number of carboxylic acid groups (broad SMARTS) is 1. The minimum absolute atomic E-state index is 0.0335. The van der Waals surface area contributed by atoms with E-state index in [1.54, 1.807) is 103 Å². The van der Waals surface area contributed by atoms with E-state index in [2.05, 4.69) is 58.2 Å². The number of Topliss-reactive ketones (excluding diaryl/α,β-unsaturated/α-hetero) is 1. The number of benzene rings is 4. The fourth-order valence-corrected chi connectivity index (χ4v) is 12.5. The topological polar surface area (TPSA) is 227 Å². The van der Waals surface area contributed by atoms with E-state index in [0.717, 1.165) is 49.3 Å². The van der Waals surface area contributed by atoms with Crippen LogP contribution in [0, 0.1) is 30.1 Å². The number of allylic oxidation sites excluding steroid dienone is 7. The standard InChI is InChI=1S/C55H59NO12.C16H28.C2H4O2.CH4O/c1-31-27-39(28-38-26-25-32(2)63-48(31)38)65-54(62)68-50(47(35-17-10-7-11-18-35)56-51(59)36-19-12-8-13-20-36)53(61)66-45-30-42-49(67-52(60)37-21-14-9-15-22-37)46-40(23-16-24-44(46)64-34(4)57)43(58)29-41(33(45)3)55(42,5)6;1-6-9-15(4)12-8-13-16(5)11-7-10-14(2)3;1-2(3)4;1-2/h7-15,17-22,27-28,32,40,42,44-47,49-50H,16,23-26,29-30H2,1-6H3,(H,56,59);9-10,13H,6-8,11-12H2,1-5H3;1H3,(H,3,4);2H,1H3/b;15-9+,16-13+;;. The number of amides is 1. The summed E-state index contributed by atoms with van der Waals surface area (Å²) in [5.41, 5.74) is 7.75. The van der Waals surface area contributed by atoms with Crippen molar-refractivity contribution < 1.29 is 72.2 Å². The van der Waals surface area contributed by atoms with Crippen LogP contribution in [0.2, 0.25) is 0 Å². The van der Waals surface area contributed by atoms with Crippen LogP contribution in [0.25, 0.3) is 0 Å². The molecule has 4 aromatic carbocycles. The van der Waals surface area contributed by atoms with E-state index in [0.29, 0.717) is 47.9 Å². The lowest BCUT2D eigenvalue weighted by Gasteiger charge is -2.53. The van der Waals surface area contributed by atoms with Gasteiger partial charge < -0.3 is 44.0 Å². The summed E-state index contributed by atoms with van der Waals surface area (Å²) in [7, 11) is 1.00. The molecular formula is C74H95NO15. The van der Waals surface area contributed by atoms with Gasteiger partial charge in [-0.3, -0.25) is 19.2 Å². The smallest absolute Gasteiger partial charge is 0.490 e. The average molecular weight is 1240 g/mol. The lowest BCUT2D eigenvalue weighted by atomic mass is 9.55. The molecule has 0 aromatic heterocycles. The molecule has 0 spiro atoms. The zero-order valence-electron chi connectivity index (χ0n) is 54.9. The Kier molecular flexibility index (Phi) is 28.5. The molecule has 0 radical (unpaired) electrons. The normalized spacial score (nSPS) is 21.3. The average Bonchev–Trinajstić information content (AvgIpc) is 0.740. The predicted octanol–water partition coefficient (Wildman–Crippen LogP) is 15.1. The molecule has 3 N–H and O–H groups in total. The number of ketones is 1. The number of aryl methyl sites for hydroxylation is 2. The van der Waals surface area contributed by atoms with Gasteiger partial charge >= 0.3 is 24.1 Å². The Balaban J connectivity index is 0.000000573. The highest BCUT2D eigenvalue weighted by molar-refractivity contribution is 5.95. The zero-order chi connectivity index (χ0) is 66.2. The first-order chi connectivity index (χ1) is 42.9. The van der Waals surface area contributed by atoms with Crippen molar-refractivity contribution in [1.82, 2.24) is 5.32 Å². The number of rotatable bonds is 18. The second-order valence-corrected chi connectivity index (χ2v) is 24.5. The minimum Gasteiger partial charge on any atom is -0.490 e. The van der Waals surface area contributed by atoms with Crippen LogP contribution in [0.5, 0.6) is 11.5 Å². The first-order valence-electron chi connectivity index (χ1n) is 31.4. The van der Waals surface area contributed by atoms with Gasteiger partial charge in [0.2, 0.25) is 6.10 Å². The van der Waals surface area contributed by atoms with Crippen molar-refractivity contribution in [2.45, 2.75) is 197 Å². The van der Waals surface area contributed by atoms with E-state index in [1.807, 2.05) is 34.6 Å². The molecule has 8 rings (SSSR count). The number of aliphatic carboxylic acids is 1. The Morgan fingerprint density at radius 3 is 1.94 bits per heavy atom. The third-order valence-corrected chi connectivity index (χ3v) is 17.0. The van der Waals surface area contributed by atoms with Crippen molar-refractivity contribution in [3.8, 4) is 11.5 Å². The van der Waals surface area contributed by atoms with Gasteiger partial charge in [-0.15, -0.1) is 0 Å². The highest BCUT2D eigenvalue weighted by atomic mass is 16.7. The van der Waals surface area contributed by atoms with Gasteiger partial charge in [0.15, 0.2) is 0 Å². The SMILES string of the molecule is CC(=O)O.CC(=O)OC1CCCC2C(=O)CC3=C(C)C(OC(=O)C(OC(=O)Oc4cc(C)c5c(c4)CCC(C)O5)C(NC(=O)c4ccccc4)c4ccccc4)CC(C(OC(=O)c4ccccc4)C12)C3(C)C.CC/C=C(\C)CC/C=C(\C)CCC=C(C)C.CO. The molecule has 486 valence electrons. The number of ether oxygens (including phenoxy) is 6. The minimum atomic E-state index is -1.80. The van der Waals surface area contributed by atoms with E-state index >= 15 is 4.79 Å². The van der Waals surface area contributed by atoms with Crippen molar-refractivity contribution >= 4 is 41.7 Å². The number of esters is 3. The van der Waals surface area contributed by atoms with Gasteiger partial charge in [-0.05, 0) is 183 Å². The van der Waals surface area contributed by atoms with Crippen molar-refractivity contribution in [3.05, 3.63) is 177 Å². The number of aliphatic hydroxyl groups excluding tert-OH is 1. The van der Waals surface area contributed by atoms with Crippen molar-refractivity contribution in [1.29, 1.82) is 0 Å². The van der Waals surface area contributed by atoms with Gasteiger partial charge in [0.1, 0.15) is 41.6 Å². The Morgan fingerprint density at radius 2 is 1.34 bits per heavy atom. The van der Waals surface area contributed by atoms with Crippen LogP contribution < -0.4 is 14.8 Å². The van der Waals surface area contributed by atoms with Crippen molar-refractivity contribution in [2.24, 2.45) is 23.2 Å². The lowest BCUT2D eigenvalue weighted by Crippen LogP contribution is -2.57. The second kappa shape index (κ2) is 35.3. The number of carboxylic acids is 1. The molecule has 2 fully saturated rings. The van der Waals surface area contributed by atoms with Crippen LogP contribution >= 0.6 is 0 Å². The predicted molar refractivity (Wildman–Crippen MR) is 347 cm³/mol. The summed E-state index contributed by atoms with van der Waals surface area (Å²) < 4.78 is 36.9. The quantitative estimate of drug-likeness (QED) is 0.0364. The molecule has 4 aliphatic rings. The number of nitrogens with one attached hydrogen (secondary N) is 1. The Morgan fingerprint density at radius 1 is 0.756 bits per heavy atom. The third kappa shape index (κ3) is 21.0. The number of hydrogen-bond donors (Lipinski definition) is 3. The Labute approximate surface area is 532 Å². The van der Waals surface area contributed by atoms with Gasteiger partial charge in [-0.2, -0.15) is 0 Å². The fourth-order valence-electron chi connectivity index (χ4n) is 12.5. The molecule has 90 heavy (non-hydrogen) atoms. The van der Waals surface area contributed by atoms with E-state index in [1.165, 1.54) is 49.3 Å². The molecule has 9 atom stereocenters. The van der Waals surface area contributed by atoms with Gasteiger partial charge in [0, 0.05) is 50.7 Å². The molecule has 16 nitrogen and oxygen atoms in total. The first-order valence-corrected chi connectivity index (χ1v) is 31.4. The summed E-state index contributed by atoms with van der Waals surface area (Å²) in [5.74, 6) is -4.46. The molecular weight excluding hydrogens is 1140 g/mol. The number of carbonyl (C=O) groups is 7. The number of hydrogen-bond acceptors (Lipinski definition) is 14. The van der Waals surface area contributed by atoms with Crippen LogP contribution in [0.15, 0.2) is 149 Å². The molecule has 2 bridgehead atoms. The summed E-state index contributed by atoms with van der Waals surface area (Å²) in [6.45, 7) is 23.1. The Bertz CT molecular complexity index is 3190. The first kappa shape index (κ1) is 72.6. The van der Waals surface area contributed by atoms with Gasteiger partial charge in [-0.1, -0.05) is 128 Å². The molecule has 1 heterocycles. The summed E-state index contributed by atoms with van der Waals surface area (Å²) >= 11 is 0. The Hall–Kier alpha value is -8.11. The van der Waals surface area contributed by atoms with Crippen molar-refractivity contribution in [3.63, 3.8) is 0 Å². The molecule has 0 saturated heterocycles. The largest absolute Gasteiger partial charge is 0.514 e. The number of aliphatic hydroxyl groups is 1. The summed E-state index contributed by atoms with van der Waals surface area (Å²) in [5, 5.41) is 17.3. The monoisotopic (exact) mass is 1240 g/mol. The number of fused-ring (bicyclic) bond motifs is 4. The van der Waals surface area contributed by atoms with Crippen LogP contribution in [-0.4, -0.2) is 89.6 Å². The molecule has 3 aliphatic carbocycles.